The average Bonchev–Trinajstić information content (AvgIpc) is 2.96. The summed E-state index contributed by atoms with van der Waals surface area (Å²) in [4.78, 5) is 0. The van der Waals surface area contributed by atoms with E-state index in [-0.39, 0.29) is 5.92 Å². The molecule has 0 aliphatic carbocycles. The van der Waals surface area contributed by atoms with Gasteiger partial charge in [0, 0.05) is 23.6 Å². The van der Waals surface area contributed by atoms with E-state index in [4.69, 9.17) is 18.9 Å². The molecule has 0 heterocycles. The van der Waals surface area contributed by atoms with Crippen LogP contribution in [0.2, 0.25) is 0 Å². The van der Waals surface area contributed by atoms with Crippen LogP contribution in [0.4, 0.5) is 0 Å². The smallest absolute Gasteiger partial charge is 0.126 e. The van der Waals surface area contributed by atoms with Crippen molar-refractivity contribution in [2.45, 2.75) is 32.5 Å². The Bertz CT molecular complexity index is 1280. The standard InChI is InChI=1S/C33H34O4/c1-4-11-27(31-19-18-29(34-2)21-33(31)35-3)20-28-16-17-30(36-23-25-12-7-5-8-13-25)22-32(28)37-24-26-14-9-6-10-15-26/h4-19,21-22,27H,20,23-24H2,1-3H3/b11-4+/t27-/m1/s1. The summed E-state index contributed by atoms with van der Waals surface area (Å²) in [6.07, 6.45) is 5.03. The summed E-state index contributed by atoms with van der Waals surface area (Å²) in [7, 11) is 3.36. The molecule has 0 radical (unpaired) electrons. The summed E-state index contributed by atoms with van der Waals surface area (Å²) >= 11 is 0. The molecule has 0 saturated carbocycles. The average molecular weight is 495 g/mol. The second-order valence-corrected chi connectivity index (χ2v) is 8.76. The Labute approximate surface area is 220 Å². The fraction of sp³-hybridized carbons (Fsp3) is 0.212. The molecule has 4 nitrogen and oxygen atoms in total. The first-order valence-electron chi connectivity index (χ1n) is 12.5. The lowest BCUT2D eigenvalue weighted by molar-refractivity contribution is 0.287. The van der Waals surface area contributed by atoms with Crippen molar-refractivity contribution in [1.82, 2.24) is 0 Å². The third-order valence-corrected chi connectivity index (χ3v) is 6.23. The molecule has 4 aromatic rings. The number of benzene rings is 4. The summed E-state index contributed by atoms with van der Waals surface area (Å²) < 4.78 is 23.6. The predicted molar refractivity (Wildman–Crippen MR) is 149 cm³/mol. The van der Waals surface area contributed by atoms with E-state index in [0.29, 0.717) is 13.2 Å². The van der Waals surface area contributed by atoms with Crippen molar-refractivity contribution in [2.24, 2.45) is 0 Å². The van der Waals surface area contributed by atoms with E-state index in [1.54, 1.807) is 14.2 Å². The first-order chi connectivity index (χ1) is 18.2. The highest BCUT2D eigenvalue weighted by Crippen LogP contribution is 2.36. The van der Waals surface area contributed by atoms with Crippen molar-refractivity contribution in [3.05, 3.63) is 131 Å². The van der Waals surface area contributed by atoms with Crippen molar-refractivity contribution in [3.63, 3.8) is 0 Å². The molecule has 0 aliphatic heterocycles. The predicted octanol–water partition coefficient (Wildman–Crippen LogP) is 7.76. The summed E-state index contributed by atoms with van der Waals surface area (Å²) in [5, 5.41) is 0. The Kier molecular flexibility index (Phi) is 9.25. The number of hydrogen-bond donors (Lipinski definition) is 0. The van der Waals surface area contributed by atoms with Gasteiger partial charge >= 0.3 is 0 Å². The minimum absolute atomic E-state index is 0.0982. The monoisotopic (exact) mass is 494 g/mol. The SMILES string of the molecule is C/C=C/[C@H](Cc1ccc(OCc2ccccc2)cc1OCc1ccccc1)c1ccc(OC)cc1OC. The van der Waals surface area contributed by atoms with Gasteiger partial charge in [0.05, 0.1) is 14.2 Å². The zero-order valence-corrected chi connectivity index (χ0v) is 21.7. The number of hydrogen-bond acceptors (Lipinski definition) is 4. The van der Waals surface area contributed by atoms with Crippen molar-refractivity contribution in [1.29, 1.82) is 0 Å². The van der Waals surface area contributed by atoms with Crippen molar-refractivity contribution < 1.29 is 18.9 Å². The van der Waals surface area contributed by atoms with Crippen LogP contribution >= 0.6 is 0 Å². The second-order valence-electron chi connectivity index (χ2n) is 8.76. The molecule has 4 aromatic carbocycles. The molecule has 0 spiro atoms. The maximum atomic E-state index is 6.37. The van der Waals surface area contributed by atoms with E-state index in [1.165, 1.54) is 0 Å². The Morgan fingerprint density at radius 2 is 1.27 bits per heavy atom. The number of methoxy groups -OCH3 is 2. The minimum Gasteiger partial charge on any atom is -0.497 e. The van der Waals surface area contributed by atoms with Crippen molar-refractivity contribution in [2.75, 3.05) is 14.2 Å². The van der Waals surface area contributed by atoms with E-state index < -0.39 is 0 Å². The Hall–Kier alpha value is -4.18. The molecule has 0 fully saturated rings. The van der Waals surface area contributed by atoms with Crippen LogP contribution in [-0.4, -0.2) is 14.2 Å². The fourth-order valence-corrected chi connectivity index (χ4v) is 4.28. The molecule has 1 atom stereocenters. The Morgan fingerprint density at radius 1 is 0.649 bits per heavy atom. The van der Waals surface area contributed by atoms with E-state index in [0.717, 1.165) is 51.7 Å². The molecular weight excluding hydrogens is 460 g/mol. The normalized spacial score (nSPS) is 11.8. The van der Waals surface area contributed by atoms with Gasteiger partial charge in [0.15, 0.2) is 0 Å². The fourth-order valence-electron chi connectivity index (χ4n) is 4.28. The molecule has 37 heavy (non-hydrogen) atoms. The molecule has 0 bridgehead atoms. The molecular formula is C33H34O4. The summed E-state index contributed by atoms with van der Waals surface area (Å²) in [6, 6.07) is 32.5. The molecule has 0 N–H and O–H groups in total. The van der Waals surface area contributed by atoms with Crippen LogP contribution in [0.3, 0.4) is 0 Å². The lowest BCUT2D eigenvalue weighted by Gasteiger charge is -2.20. The topological polar surface area (TPSA) is 36.9 Å². The van der Waals surface area contributed by atoms with Crippen LogP contribution in [-0.2, 0) is 19.6 Å². The van der Waals surface area contributed by atoms with Gasteiger partial charge in [-0.05, 0) is 42.2 Å². The van der Waals surface area contributed by atoms with Gasteiger partial charge in [0.25, 0.3) is 0 Å². The van der Waals surface area contributed by atoms with Gasteiger partial charge in [-0.15, -0.1) is 0 Å². The molecule has 0 aromatic heterocycles. The van der Waals surface area contributed by atoms with Gasteiger partial charge in [-0.2, -0.15) is 0 Å². The third-order valence-electron chi connectivity index (χ3n) is 6.23. The Balaban J connectivity index is 1.61. The third kappa shape index (κ3) is 7.17. The van der Waals surface area contributed by atoms with E-state index in [2.05, 4.69) is 48.6 Å². The molecule has 0 aliphatic rings. The highest BCUT2D eigenvalue weighted by molar-refractivity contribution is 5.47. The van der Waals surface area contributed by atoms with E-state index in [1.807, 2.05) is 67.6 Å². The summed E-state index contributed by atoms with van der Waals surface area (Å²) in [5.41, 5.74) is 4.44. The first kappa shape index (κ1) is 25.9. The van der Waals surface area contributed by atoms with Gasteiger partial charge in [-0.3, -0.25) is 0 Å². The maximum absolute atomic E-state index is 6.37. The maximum Gasteiger partial charge on any atom is 0.126 e. The first-order valence-corrected chi connectivity index (χ1v) is 12.5. The van der Waals surface area contributed by atoms with Gasteiger partial charge in [0.2, 0.25) is 0 Å². The molecule has 190 valence electrons. The van der Waals surface area contributed by atoms with Crippen molar-refractivity contribution >= 4 is 0 Å². The van der Waals surface area contributed by atoms with Crippen LogP contribution in [0.5, 0.6) is 23.0 Å². The minimum atomic E-state index is 0.0982. The Morgan fingerprint density at radius 3 is 1.89 bits per heavy atom. The molecule has 0 unspecified atom stereocenters. The lowest BCUT2D eigenvalue weighted by atomic mass is 9.90. The van der Waals surface area contributed by atoms with Crippen LogP contribution in [0.1, 0.15) is 35.1 Å². The van der Waals surface area contributed by atoms with Gasteiger partial charge < -0.3 is 18.9 Å². The quantitative estimate of drug-likeness (QED) is 0.189. The number of rotatable bonds is 12. The highest BCUT2D eigenvalue weighted by Gasteiger charge is 2.18. The van der Waals surface area contributed by atoms with Gasteiger partial charge in [-0.25, -0.2) is 0 Å². The molecule has 4 rings (SSSR count). The van der Waals surface area contributed by atoms with Crippen molar-refractivity contribution in [3.8, 4) is 23.0 Å². The number of ether oxygens (including phenoxy) is 4. The van der Waals surface area contributed by atoms with Gasteiger partial charge in [0.1, 0.15) is 36.2 Å². The van der Waals surface area contributed by atoms with Crippen LogP contribution < -0.4 is 18.9 Å². The van der Waals surface area contributed by atoms with E-state index >= 15 is 0 Å². The largest absolute Gasteiger partial charge is 0.497 e. The van der Waals surface area contributed by atoms with E-state index in [9.17, 15) is 0 Å². The second kappa shape index (κ2) is 13.2. The molecule has 0 saturated heterocycles. The van der Waals surface area contributed by atoms with Crippen LogP contribution in [0.15, 0.2) is 109 Å². The molecule has 0 amide bonds. The highest BCUT2D eigenvalue weighted by atomic mass is 16.5. The number of allylic oxidation sites excluding steroid dienone is 2. The van der Waals surface area contributed by atoms with Crippen LogP contribution in [0, 0.1) is 0 Å². The van der Waals surface area contributed by atoms with Crippen LogP contribution in [0.25, 0.3) is 0 Å². The van der Waals surface area contributed by atoms with Gasteiger partial charge in [-0.1, -0.05) is 84.9 Å². The summed E-state index contributed by atoms with van der Waals surface area (Å²) in [6.45, 7) is 3.02. The molecule has 4 heteroatoms. The summed E-state index contributed by atoms with van der Waals surface area (Å²) in [5.74, 6) is 3.27. The zero-order chi connectivity index (χ0) is 25.9. The lowest BCUT2D eigenvalue weighted by Crippen LogP contribution is -2.06. The zero-order valence-electron chi connectivity index (χ0n) is 21.7.